The van der Waals surface area contributed by atoms with E-state index in [9.17, 15) is 8.42 Å². The van der Waals surface area contributed by atoms with Crippen molar-refractivity contribution in [2.24, 2.45) is 5.92 Å². The third-order valence-electron chi connectivity index (χ3n) is 2.42. The Morgan fingerprint density at radius 2 is 1.79 bits per heavy atom. The Hall–Kier alpha value is -0.950. The summed E-state index contributed by atoms with van der Waals surface area (Å²) in [7, 11) is -2.16. The van der Waals surface area contributed by atoms with Crippen LogP contribution in [-0.2, 0) is 23.8 Å². The molecule has 1 atom stereocenters. The molecule has 1 rings (SSSR count). The molecule has 6 heteroatoms. The molecule has 0 N–H and O–H groups in total. The number of rotatable bonds is 8. The van der Waals surface area contributed by atoms with Crippen LogP contribution in [0.25, 0.3) is 0 Å². The summed E-state index contributed by atoms with van der Waals surface area (Å²) in [4.78, 5) is 0.170. The zero-order valence-corrected chi connectivity index (χ0v) is 12.3. The molecule has 0 spiro atoms. The summed E-state index contributed by atoms with van der Waals surface area (Å²) in [5.74, 6) is -0.0321. The van der Waals surface area contributed by atoms with Crippen molar-refractivity contribution in [1.29, 1.82) is 0 Å². The largest absolute Gasteiger partial charge is 0.359 e. The number of aryl methyl sites for hydroxylation is 1. The maximum absolute atomic E-state index is 11.9. The molecule has 0 fully saturated rings. The van der Waals surface area contributed by atoms with E-state index in [1.54, 1.807) is 12.1 Å². The van der Waals surface area contributed by atoms with Gasteiger partial charge < -0.3 is 9.47 Å². The summed E-state index contributed by atoms with van der Waals surface area (Å²) in [5.41, 5.74) is 1.00. The van der Waals surface area contributed by atoms with Gasteiger partial charge >= 0.3 is 0 Å². The lowest BCUT2D eigenvalue weighted by Gasteiger charge is -2.12. The van der Waals surface area contributed by atoms with Gasteiger partial charge in [0, 0.05) is 13.0 Å². The van der Waals surface area contributed by atoms with Gasteiger partial charge in [0.05, 0.1) is 18.1 Å². The molecule has 0 saturated carbocycles. The van der Waals surface area contributed by atoms with Gasteiger partial charge in [-0.1, -0.05) is 24.6 Å². The zero-order valence-electron chi connectivity index (χ0n) is 11.5. The van der Waals surface area contributed by atoms with E-state index in [-0.39, 0.29) is 24.2 Å². The summed E-state index contributed by atoms with van der Waals surface area (Å²) < 4.78 is 38.7. The fourth-order valence-electron chi connectivity index (χ4n) is 1.36. The quantitative estimate of drug-likeness (QED) is 0.416. The van der Waals surface area contributed by atoms with Crippen LogP contribution in [0.15, 0.2) is 29.2 Å². The van der Waals surface area contributed by atoms with Crippen LogP contribution in [0.1, 0.15) is 12.5 Å². The highest BCUT2D eigenvalue weighted by Crippen LogP contribution is 2.14. The lowest BCUT2D eigenvalue weighted by atomic mass is 10.2. The van der Waals surface area contributed by atoms with Crippen LogP contribution < -0.4 is 0 Å². The lowest BCUT2D eigenvalue weighted by Crippen LogP contribution is -2.17. The Morgan fingerprint density at radius 3 is 2.37 bits per heavy atom. The Morgan fingerprint density at radius 1 is 1.16 bits per heavy atom. The SMILES string of the molecule is COCOC[C@@H](C)COS(=O)(=O)c1ccc(C)cc1. The molecule has 1 aromatic rings. The molecule has 0 aliphatic heterocycles. The standard InChI is InChI=1S/C13H20O5S/c1-11-4-6-13(7-5-11)19(14,15)18-9-12(2)8-17-10-16-3/h4-7,12H,8-10H2,1-3H3/t12-/m1/s1. The van der Waals surface area contributed by atoms with Gasteiger partial charge in [-0.25, -0.2) is 0 Å². The highest BCUT2D eigenvalue weighted by molar-refractivity contribution is 7.86. The van der Waals surface area contributed by atoms with E-state index >= 15 is 0 Å². The van der Waals surface area contributed by atoms with E-state index in [1.165, 1.54) is 19.2 Å². The predicted octanol–water partition coefficient (Wildman–Crippen LogP) is 1.96. The first-order valence-corrected chi connectivity index (χ1v) is 7.39. The lowest BCUT2D eigenvalue weighted by molar-refractivity contribution is -0.0452. The first-order valence-electron chi connectivity index (χ1n) is 5.98. The van der Waals surface area contributed by atoms with Gasteiger partial charge in [-0.05, 0) is 19.1 Å². The molecule has 0 bridgehead atoms. The average molecular weight is 288 g/mol. The molecule has 0 saturated heterocycles. The first kappa shape index (κ1) is 16.1. The molecule has 108 valence electrons. The minimum atomic E-state index is -3.69. The molecule has 0 unspecified atom stereocenters. The molecular formula is C13H20O5S. The number of hydrogen-bond donors (Lipinski definition) is 0. The van der Waals surface area contributed by atoms with Crippen molar-refractivity contribution in [2.75, 3.05) is 27.1 Å². The molecule has 1 aromatic carbocycles. The van der Waals surface area contributed by atoms with Crippen molar-refractivity contribution in [3.63, 3.8) is 0 Å². The topological polar surface area (TPSA) is 61.8 Å². The average Bonchev–Trinajstić information content (AvgIpc) is 2.37. The smallest absolute Gasteiger partial charge is 0.296 e. The monoisotopic (exact) mass is 288 g/mol. The van der Waals surface area contributed by atoms with Crippen molar-refractivity contribution >= 4 is 10.1 Å². The second kappa shape index (κ2) is 7.59. The fourth-order valence-corrected chi connectivity index (χ4v) is 2.38. The minimum absolute atomic E-state index is 0.0321. The third-order valence-corrected chi connectivity index (χ3v) is 3.72. The van der Waals surface area contributed by atoms with Crippen molar-refractivity contribution in [1.82, 2.24) is 0 Å². The Bertz CT molecular complexity index is 466. The summed E-state index contributed by atoms with van der Waals surface area (Å²) in [6.45, 7) is 4.40. The molecule has 5 nitrogen and oxygen atoms in total. The molecular weight excluding hydrogens is 268 g/mol. The van der Waals surface area contributed by atoms with E-state index in [0.717, 1.165) is 5.56 Å². The number of benzene rings is 1. The zero-order chi connectivity index (χ0) is 14.3. The number of hydrogen-bond acceptors (Lipinski definition) is 5. The summed E-state index contributed by atoms with van der Waals surface area (Å²) in [5, 5.41) is 0. The van der Waals surface area contributed by atoms with Crippen molar-refractivity contribution in [2.45, 2.75) is 18.7 Å². The van der Waals surface area contributed by atoms with Crippen LogP contribution in [0.5, 0.6) is 0 Å². The summed E-state index contributed by atoms with van der Waals surface area (Å²) >= 11 is 0. The highest BCUT2D eigenvalue weighted by Gasteiger charge is 2.16. The van der Waals surface area contributed by atoms with Gasteiger partial charge in [0.15, 0.2) is 0 Å². The molecule has 0 radical (unpaired) electrons. The van der Waals surface area contributed by atoms with Crippen LogP contribution in [0.3, 0.4) is 0 Å². The van der Waals surface area contributed by atoms with Crippen LogP contribution in [0.4, 0.5) is 0 Å². The first-order chi connectivity index (χ1) is 8.95. The van der Waals surface area contributed by atoms with Crippen LogP contribution in [0, 0.1) is 12.8 Å². The van der Waals surface area contributed by atoms with Gasteiger partial charge in [-0.2, -0.15) is 8.42 Å². The van der Waals surface area contributed by atoms with Crippen molar-refractivity contribution in [3.8, 4) is 0 Å². The van der Waals surface area contributed by atoms with Gasteiger partial charge in [0.1, 0.15) is 6.79 Å². The number of methoxy groups -OCH3 is 1. The molecule has 19 heavy (non-hydrogen) atoms. The van der Waals surface area contributed by atoms with E-state index < -0.39 is 10.1 Å². The van der Waals surface area contributed by atoms with E-state index in [4.69, 9.17) is 13.7 Å². The van der Waals surface area contributed by atoms with Gasteiger partial charge in [0.25, 0.3) is 10.1 Å². The second-order valence-corrected chi connectivity index (χ2v) is 6.05. The number of ether oxygens (including phenoxy) is 2. The fraction of sp³-hybridized carbons (Fsp3) is 0.538. The Labute approximate surface area is 114 Å². The van der Waals surface area contributed by atoms with Crippen LogP contribution in [0.2, 0.25) is 0 Å². The Balaban J connectivity index is 2.49. The summed E-state index contributed by atoms with van der Waals surface area (Å²) in [6, 6.07) is 6.55. The van der Waals surface area contributed by atoms with E-state index in [1.807, 2.05) is 13.8 Å². The normalized spacial score (nSPS) is 13.4. The molecule has 0 aliphatic carbocycles. The van der Waals surface area contributed by atoms with E-state index in [0.29, 0.717) is 6.61 Å². The van der Waals surface area contributed by atoms with Gasteiger partial charge in [-0.15, -0.1) is 0 Å². The highest BCUT2D eigenvalue weighted by atomic mass is 32.2. The second-order valence-electron chi connectivity index (χ2n) is 4.43. The van der Waals surface area contributed by atoms with Crippen LogP contribution in [-0.4, -0.2) is 35.5 Å². The van der Waals surface area contributed by atoms with Gasteiger partial charge in [0.2, 0.25) is 0 Å². The maximum Gasteiger partial charge on any atom is 0.296 e. The predicted molar refractivity (Wildman–Crippen MR) is 71.3 cm³/mol. The molecule has 0 heterocycles. The molecule has 0 aliphatic rings. The molecule has 0 aromatic heterocycles. The summed E-state index contributed by atoms with van der Waals surface area (Å²) in [6.07, 6.45) is 0. The van der Waals surface area contributed by atoms with Crippen molar-refractivity contribution < 1.29 is 22.1 Å². The maximum atomic E-state index is 11.9. The van der Waals surface area contributed by atoms with Crippen molar-refractivity contribution in [3.05, 3.63) is 29.8 Å². The van der Waals surface area contributed by atoms with Gasteiger partial charge in [-0.3, -0.25) is 4.18 Å². The Kier molecular flexibility index (Phi) is 6.44. The molecule has 0 amide bonds. The van der Waals surface area contributed by atoms with E-state index in [2.05, 4.69) is 0 Å². The van der Waals surface area contributed by atoms with Crippen LogP contribution >= 0.6 is 0 Å². The minimum Gasteiger partial charge on any atom is -0.359 e. The third kappa shape index (κ3) is 5.69.